The Morgan fingerprint density at radius 3 is 2.75 bits per heavy atom. The van der Waals surface area contributed by atoms with E-state index in [0.29, 0.717) is 19.1 Å². The summed E-state index contributed by atoms with van der Waals surface area (Å²) in [6.45, 7) is 10.1. The van der Waals surface area contributed by atoms with E-state index in [-0.39, 0.29) is 17.8 Å². The molecule has 2 unspecified atom stereocenters. The van der Waals surface area contributed by atoms with E-state index in [1.807, 2.05) is 12.1 Å². The Hall–Kier alpha value is -2.60. The number of benzene rings is 1. The fraction of sp³-hybridized carbons (Fsp3) is 0.533. The summed E-state index contributed by atoms with van der Waals surface area (Å²) in [6, 6.07) is 6.09. The van der Waals surface area contributed by atoms with E-state index < -0.39 is 5.97 Å². The van der Waals surface area contributed by atoms with Crippen LogP contribution in [-0.4, -0.2) is 29.3 Å². The average molecular weight is 510 g/mol. The molecule has 0 fully saturated rings. The van der Waals surface area contributed by atoms with Gasteiger partial charge in [0.2, 0.25) is 0 Å². The number of nitrogens with zero attached hydrogens (tertiary/aromatic N) is 1. The number of ether oxygens (including phenoxy) is 2. The Labute approximate surface area is 219 Å². The van der Waals surface area contributed by atoms with Crippen molar-refractivity contribution in [3.05, 3.63) is 68.9 Å². The van der Waals surface area contributed by atoms with Crippen molar-refractivity contribution in [2.75, 3.05) is 13.2 Å². The molecular weight excluding hydrogens is 470 g/mol. The molecule has 36 heavy (non-hydrogen) atoms. The Morgan fingerprint density at radius 2 is 2.03 bits per heavy atom. The maximum Gasteiger partial charge on any atom is 0.303 e. The lowest BCUT2D eigenvalue weighted by molar-refractivity contribution is -0.137. The summed E-state index contributed by atoms with van der Waals surface area (Å²) in [5.74, 6) is 1.60. The van der Waals surface area contributed by atoms with Gasteiger partial charge in [0, 0.05) is 23.1 Å². The number of carboxylic acids is 1. The fourth-order valence-electron chi connectivity index (χ4n) is 5.03. The van der Waals surface area contributed by atoms with Crippen LogP contribution in [0.1, 0.15) is 99.9 Å². The van der Waals surface area contributed by atoms with E-state index in [0.717, 1.165) is 50.0 Å². The smallest absolute Gasteiger partial charge is 0.303 e. The largest absolute Gasteiger partial charge is 0.494 e. The van der Waals surface area contributed by atoms with Crippen LogP contribution in [0.25, 0.3) is 0 Å². The first-order valence-corrected chi connectivity index (χ1v) is 14.1. The zero-order valence-corrected chi connectivity index (χ0v) is 22.8. The molecule has 4 rings (SSSR count). The first-order chi connectivity index (χ1) is 17.2. The summed E-state index contributed by atoms with van der Waals surface area (Å²) in [5.41, 5.74) is 5.02. The molecule has 1 aromatic carbocycles. The Bertz CT molecular complexity index is 1120. The van der Waals surface area contributed by atoms with Crippen LogP contribution < -0.4 is 4.74 Å². The van der Waals surface area contributed by atoms with Crippen LogP contribution in [0, 0.1) is 0 Å². The first-order valence-electron chi connectivity index (χ1n) is 13.2. The second kappa shape index (κ2) is 11.6. The number of fused-ring (bicyclic) bond motifs is 1. The molecular formula is C30H39NO4S. The molecule has 2 aromatic rings. The number of aliphatic carboxylic acids is 1. The minimum Gasteiger partial charge on any atom is -0.494 e. The van der Waals surface area contributed by atoms with Crippen LogP contribution in [0.2, 0.25) is 0 Å². The highest BCUT2D eigenvalue weighted by atomic mass is 32.1. The zero-order valence-electron chi connectivity index (χ0n) is 22.0. The third kappa shape index (κ3) is 6.58. The van der Waals surface area contributed by atoms with Crippen molar-refractivity contribution >= 4 is 17.3 Å². The number of aryl methyl sites for hydroxylation is 1. The monoisotopic (exact) mass is 509 g/mol. The van der Waals surface area contributed by atoms with Crippen molar-refractivity contribution in [1.82, 2.24) is 4.98 Å². The van der Waals surface area contributed by atoms with Crippen LogP contribution in [0.15, 0.2) is 47.1 Å². The summed E-state index contributed by atoms with van der Waals surface area (Å²) < 4.78 is 12.2. The molecule has 1 N–H and O–H groups in total. The lowest BCUT2D eigenvalue weighted by Gasteiger charge is -2.22. The van der Waals surface area contributed by atoms with E-state index in [9.17, 15) is 4.79 Å². The molecule has 194 valence electrons. The van der Waals surface area contributed by atoms with Crippen molar-refractivity contribution in [2.24, 2.45) is 0 Å². The average Bonchev–Trinajstić information content (AvgIpc) is 3.47. The number of aromatic nitrogens is 1. The van der Waals surface area contributed by atoms with Gasteiger partial charge in [-0.3, -0.25) is 4.79 Å². The summed E-state index contributed by atoms with van der Waals surface area (Å²) in [7, 11) is 0. The molecule has 5 nitrogen and oxygen atoms in total. The normalized spacial score (nSPS) is 19.4. The SMILES string of the molecule is CCCC1=C(OCCCOc2ccc3c(c2)CCC3CC(=O)O)C=CC(c2nc(C(C)(C)C)cs2)C1. The molecule has 0 amide bonds. The van der Waals surface area contributed by atoms with Gasteiger partial charge in [-0.25, -0.2) is 4.98 Å². The van der Waals surface area contributed by atoms with Crippen molar-refractivity contribution in [1.29, 1.82) is 0 Å². The molecule has 0 aliphatic heterocycles. The van der Waals surface area contributed by atoms with Gasteiger partial charge in [-0.1, -0.05) is 46.3 Å². The molecule has 2 aliphatic rings. The maximum absolute atomic E-state index is 11.1. The number of carbonyl (C=O) groups is 1. The van der Waals surface area contributed by atoms with Crippen molar-refractivity contribution in [3.63, 3.8) is 0 Å². The van der Waals surface area contributed by atoms with Crippen LogP contribution in [0.5, 0.6) is 5.75 Å². The number of allylic oxidation sites excluding steroid dienone is 3. The van der Waals surface area contributed by atoms with Gasteiger partial charge in [-0.15, -0.1) is 11.3 Å². The van der Waals surface area contributed by atoms with Gasteiger partial charge in [-0.2, -0.15) is 0 Å². The molecule has 2 atom stereocenters. The maximum atomic E-state index is 11.1. The predicted molar refractivity (Wildman–Crippen MR) is 145 cm³/mol. The van der Waals surface area contributed by atoms with E-state index >= 15 is 0 Å². The summed E-state index contributed by atoms with van der Waals surface area (Å²) >= 11 is 1.77. The van der Waals surface area contributed by atoms with Crippen LogP contribution in [0.3, 0.4) is 0 Å². The lowest BCUT2D eigenvalue weighted by atomic mass is 9.90. The molecule has 0 saturated carbocycles. The van der Waals surface area contributed by atoms with Gasteiger partial charge < -0.3 is 14.6 Å². The van der Waals surface area contributed by atoms with Gasteiger partial charge in [0.15, 0.2) is 0 Å². The molecule has 0 saturated heterocycles. The Balaban J connectivity index is 1.26. The minimum atomic E-state index is -0.730. The first kappa shape index (κ1) is 26.5. The lowest BCUT2D eigenvalue weighted by Crippen LogP contribution is -2.12. The van der Waals surface area contributed by atoms with Gasteiger partial charge in [0.05, 0.1) is 25.3 Å². The molecule has 2 aliphatic carbocycles. The third-order valence-electron chi connectivity index (χ3n) is 7.01. The third-order valence-corrected chi connectivity index (χ3v) is 7.98. The van der Waals surface area contributed by atoms with Gasteiger partial charge in [0.1, 0.15) is 16.5 Å². The summed E-state index contributed by atoms with van der Waals surface area (Å²) in [6.07, 6.45) is 10.4. The second-order valence-electron chi connectivity index (χ2n) is 11.0. The van der Waals surface area contributed by atoms with E-state index in [2.05, 4.69) is 51.3 Å². The summed E-state index contributed by atoms with van der Waals surface area (Å²) in [5, 5.41) is 12.5. The molecule has 6 heteroatoms. The van der Waals surface area contributed by atoms with E-state index in [1.54, 1.807) is 11.3 Å². The Morgan fingerprint density at radius 1 is 1.22 bits per heavy atom. The van der Waals surface area contributed by atoms with Crippen LogP contribution in [-0.2, 0) is 21.4 Å². The van der Waals surface area contributed by atoms with Crippen molar-refractivity contribution < 1.29 is 19.4 Å². The van der Waals surface area contributed by atoms with E-state index in [4.69, 9.17) is 19.6 Å². The zero-order chi connectivity index (χ0) is 25.7. The number of rotatable bonds is 11. The minimum absolute atomic E-state index is 0.0775. The number of carboxylic acid groups (broad SMARTS) is 1. The van der Waals surface area contributed by atoms with Crippen molar-refractivity contribution in [3.8, 4) is 5.75 Å². The standard InChI is InChI=1S/C30H39NO4S/c1-5-7-22-16-23(29-31-27(19-36-29)30(2,3)4)10-13-26(22)35-15-6-14-34-24-11-12-25-20(17-24)8-9-21(25)18-28(32)33/h10-13,17,19,21,23H,5-9,14-16,18H2,1-4H3,(H,32,33). The Kier molecular flexibility index (Phi) is 8.55. The molecule has 1 aromatic heterocycles. The molecule has 0 bridgehead atoms. The van der Waals surface area contributed by atoms with Crippen molar-refractivity contribution in [2.45, 2.75) is 89.9 Å². The van der Waals surface area contributed by atoms with E-state index in [1.165, 1.54) is 27.4 Å². The molecule has 0 spiro atoms. The fourth-order valence-corrected chi connectivity index (χ4v) is 6.16. The highest BCUT2D eigenvalue weighted by molar-refractivity contribution is 7.09. The topological polar surface area (TPSA) is 68.7 Å². The van der Waals surface area contributed by atoms with Gasteiger partial charge in [-0.05, 0) is 66.5 Å². The van der Waals surface area contributed by atoms with Gasteiger partial charge in [0.25, 0.3) is 0 Å². The predicted octanol–water partition coefficient (Wildman–Crippen LogP) is 7.53. The van der Waals surface area contributed by atoms with Crippen LogP contribution >= 0.6 is 11.3 Å². The highest BCUT2D eigenvalue weighted by Crippen LogP contribution is 2.38. The number of hydrogen-bond donors (Lipinski definition) is 1. The summed E-state index contributed by atoms with van der Waals surface area (Å²) in [4.78, 5) is 16.0. The highest BCUT2D eigenvalue weighted by Gasteiger charge is 2.25. The second-order valence-corrected chi connectivity index (χ2v) is 11.8. The number of hydrogen-bond acceptors (Lipinski definition) is 5. The molecule has 1 heterocycles. The van der Waals surface area contributed by atoms with Crippen LogP contribution in [0.4, 0.5) is 0 Å². The molecule has 0 radical (unpaired) electrons. The van der Waals surface area contributed by atoms with Gasteiger partial charge >= 0.3 is 5.97 Å². The number of thiazole rings is 1. The quantitative estimate of drug-likeness (QED) is 0.317.